The molecule has 1 aliphatic rings. The van der Waals surface area contributed by atoms with E-state index >= 15 is 0 Å². The number of nitrogens with one attached hydrogen (secondary N) is 2. The van der Waals surface area contributed by atoms with Crippen LogP contribution >= 0.6 is 0 Å². The van der Waals surface area contributed by atoms with Gasteiger partial charge in [-0.3, -0.25) is 10.1 Å². The summed E-state index contributed by atoms with van der Waals surface area (Å²) in [5, 5.41) is 6.08. The Morgan fingerprint density at radius 2 is 1.91 bits per heavy atom. The molecule has 0 aromatic rings. The number of ether oxygens (including phenoxy) is 3. The number of esters is 1. The Labute approximate surface area is 138 Å². The maximum Gasteiger partial charge on any atom is 0.407 e. The van der Waals surface area contributed by atoms with E-state index in [0.29, 0.717) is 19.4 Å². The predicted octanol–water partition coefficient (Wildman–Crippen LogP) is 1.60. The first-order valence-corrected chi connectivity index (χ1v) is 8.16. The lowest BCUT2D eigenvalue weighted by molar-refractivity contribution is -0.144. The summed E-state index contributed by atoms with van der Waals surface area (Å²) < 4.78 is 15.7. The molecule has 4 atom stereocenters. The molecule has 1 fully saturated rings. The van der Waals surface area contributed by atoms with Crippen LogP contribution in [-0.4, -0.2) is 55.6 Å². The summed E-state index contributed by atoms with van der Waals surface area (Å²) in [4.78, 5) is 23.7. The Hall–Kier alpha value is -1.34. The fraction of sp³-hybridized carbons (Fsp3) is 0.875. The second kappa shape index (κ2) is 8.49. The quantitative estimate of drug-likeness (QED) is 0.690. The van der Waals surface area contributed by atoms with Crippen molar-refractivity contribution in [3.05, 3.63) is 0 Å². The Morgan fingerprint density at radius 3 is 2.39 bits per heavy atom. The molecule has 7 nitrogen and oxygen atoms in total. The van der Waals surface area contributed by atoms with Crippen LogP contribution in [0.2, 0.25) is 0 Å². The second-order valence-electron chi connectivity index (χ2n) is 6.66. The lowest BCUT2D eigenvalue weighted by atomic mass is 9.82. The fourth-order valence-electron chi connectivity index (χ4n) is 2.55. The summed E-state index contributed by atoms with van der Waals surface area (Å²) in [5.41, 5.74) is -0.548. The highest BCUT2D eigenvalue weighted by Gasteiger charge is 2.44. The molecule has 0 spiro atoms. The molecule has 0 heterocycles. The molecule has 1 saturated carbocycles. The van der Waals surface area contributed by atoms with Crippen molar-refractivity contribution in [2.45, 2.75) is 77.3 Å². The van der Waals surface area contributed by atoms with E-state index in [0.717, 1.165) is 0 Å². The molecule has 23 heavy (non-hydrogen) atoms. The summed E-state index contributed by atoms with van der Waals surface area (Å²) in [5.74, 6) is -0.314. The minimum Gasteiger partial charge on any atom is -0.468 e. The van der Waals surface area contributed by atoms with E-state index in [4.69, 9.17) is 14.2 Å². The Bertz CT molecular complexity index is 408. The number of carbonyl (C=O) groups is 2. The van der Waals surface area contributed by atoms with Gasteiger partial charge in [0.15, 0.2) is 0 Å². The van der Waals surface area contributed by atoms with Crippen molar-refractivity contribution < 1.29 is 23.8 Å². The van der Waals surface area contributed by atoms with Gasteiger partial charge in [-0.05, 0) is 40.5 Å². The molecular formula is C16H30N2O5. The standard InChI is InChI=1S/C16H30N2O5/c1-7-10(14(19)21-6)17-13-11(9-12(13)22-8-2)18-15(20)23-16(3,4)5/h10-13,17H,7-9H2,1-6H3,(H,18,20). The lowest BCUT2D eigenvalue weighted by Gasteiger charge is -2.46. The first kappa shape index (κ1) is 19.7. The van der Waals surface area contributed by atoms with Crippen molar-refractivity contribution in [2.24, 2.45) is 0 Å². The van der Waals surface area contributed by atoms with Crippen molar-refractivity contribution in [3.8, 4) is 0 Å². The largest absolute Gasteiger partial charge is 0.468 e. The predicted molar refractivity (Wildman–Crippen MR) is 86.2 cm³/mol. The highest BCUT2D eigenvalue weighted by Crippen LogP contribution is 2.26. The third-order valence-corrected chi connectivity index (χ3v) is 3.69. The summed E-state index contributed by atoms with van der Waals surface area (Å²) in [7, 11) is 1.36. The maximum absolute atomic E-state index is 11.9. The Balaban J connectivity index is 2.65. The molecule has 0 radical (unpaired) electrons. The average molecular weight is 330 g/mol. The number of rotatable bonds is 7. The van der Waals surface area contributed by atoms with Crippen LogP contribution in [0.5, 0.6) is 0 Å². The van der Waals surface area contributed by atoms with Gasteiger partial charge in [-0.25, -0.2) is 4.79 Å². The van der Waals surface area contributed by atoms with E-state index in [1.807, 2.05) is 34.6 Å². The lowest BCUT2D eigenvalue weighted by Crippen LogP contribution is -2.68. The van der Waals surface area contributed by atoms with Gasteiger partial charge in [-0.1, -0.05) is 6.92 Å². The normalized spacial score (nSPS) is 25.2. The molecule has 7 heteroatoms. The highest BCUT2D eigenvalue weighted by molar-refractivity contribution is 5.75. The smallest absolute Gasteiger partial charge is 0.407 e. The molecule has 0 saturated heterocycles. The topological polar surface area (TPSA) is 85.9 Å². The van der Waals surface area contributed by atoms with Gasteiger partial charge in [0.1, 0.15) is 11.6 Å². The summed E-state index contributed by atoms with van der Waals surface area (Å²) >= 11 is 0. The van der Waals surface area contributed by atoms with Crippen molar-refractivity contribution in [1.82, 2.24) is 10.6 Å². The highest BCUT2D eigenvalue weighted by atomic mass is 16.6. The first-order chi connectivity index (χ1) is 10.7. The van der Waals surface area contributed by atoms with Gasteiger partial charge < -0.3 is 19.5 Å². The first-order valence-electron chi connectivity index (χ1n) is 8.16. The minimum atomic E-state index is -0.548. The minimum absolute atomic E-state index is 0.0429. The van der Waals surface area contributed by atoms with E-state index in [2.05, 4.69) is 10.6 Å². The summed E-state index contributed by atoms with van der Waals surface area (Å²) in [6, 6.07) is -0.706. The zero-order valence-electron chi connectivity index (χ0n) is 15.0. The number of carbonyl (C=O) groups excluding carboxylic acids is 2. The monoisotopic (exact) mass is 330 g/mol. The third kappa shape index (κ3) is 5.99. The van der Waals surface area contributed by atoms with E-state index in [9.17, 15) is 9.59 Å². The van der Waals surface area contributed by atoms with Crippen molar-refractivity contribution in [2.75, 3.05) is 13.7 Å². The van der Waals surface area contributed by atoms with Crippen LogP contribution in [0.3, 0.4) is 0 Å². The van der Waals surface area contributed by atoms with Gasteiger partial charge in [0.05, 0.1) is 25.3 Å². The van der Waals surface area contributed by atoms with Gasteiger partial charge >= 0.3 is 12.1 Å². The molecule has 1 amide bonds. The summed E-state index contributed by atoms with van der Waals surface area (Å²) in [6.07, 6.45) is 0.776. The van der Waals surface area contributed by atoms with E-state index in [1.54, 1.807) is 0 Å². The molecule has 0 aromatic carbocycles. The molecule has 0 aliphatic heterocycles. The molecule has 134 valence electrons. The maximum atomic E-state index is 11.9. The zero-order chi connectivity index (χ0) is 17.6. The van der Waals surface area contributed by atoms with Crippen molar-refractivity contribution >= 4 is 12.1 Å². The van der Waals surface area contributed by atoms with E-state index < -0.39 is 17.7 Å². The Morgan fingerprint density at radius 1 is 1.26 bits per heavy atom. The molecule has 1 rings (SSSR count). The van der Waals surface area contributed by atoms with Gasteiger partial charge in [0.2, 0.25) is 0 Å². The van der Waals surface area contributed by atoms with Crippen LogP contribution in [0.15, 0.2) is 0 Å². The molecule has 2 N–H and O–H groups in total. The molecule has 0 aromatic heterocycles. The number of hydrogen-bond donors (Lipinski definition) is 2. The number of amides is 1. The van der Waals surface area contributed by atoms with Gasteiger partial charge in [-0.15, -0.1) is 0 Å². The van der Waals surface area contributed by atoms with Gasteiger partial charge in [0, 0.05) is 6.61 Å². The zero-order valence-corrected chi connectivity index (χ0v) is 15.0. The van der Waals surface area contributed by atoms with Crippen LogP contribution in [-0.2, 0) is 19.0 Å². The Kier molecular flexibility index (Phi) is 7.28. The fourth-order valence-corrected chi connectivity index (χ4v) is 2.55. The van der Waals surface area contributed by atoms with E-state index in [-0.39, 0.29) is 24.2 Å². The number of methoxy groups -OCH3 is 1. The van der Waals surface area contributed by atoms with E-state index in [1.165, 1.54) is 7.11 Å². The second-order valence-corrected chi connectivity index (χ2v) is 6.66. The van der Waals surface area contributed by atoms with Crippen LogP contribution < -0.4 is 10.6 Å². The van der Waals surface area contributed by atoms with Crippen LogP contribution in [0, 0.1) is 0 Å². The van der Waals surface area contributed by atoms with Crippen molar-refractivity contribution in [3.63, 3.8) is 0 Å². The van der Waals surface area contributed by atoms with Crippen LogP contribution in [0.4, 0.5) is 4.79 Å². The molecule has 4 unspecified atom stereocenters. The molecule has 1 aliphatic carbocycles. The SMILES string of the molecule is CCOC1CC(NC(=O)OC(C)(C)C)C1NC(CC)C(=O)OC. The summed E-state index contributed by atoms with van der Waals surface area (Å²) in [6.45, 7) is 9.85. The molecule has 0 bridgehead atoms. The van der Waals surface area contributed by atoms with Crippen LogP contribution in [0.25, 0.3) is 0 Å². The third-order valence-electron chi connectivity index (χ3n) is 3.69. The van der Waals surface area contributed by atoms with Crippen molar-refractivity contribution in [1.29, 1.82) is 0 Å². The average Bonchev–Trinajstić information content (AvgIpc) is 2.44. The van der Waals surface area contributed by atoms with Gasteiger partial charge in [-0.2, -0.15) is 0 Å². The number of hydrogen-bond acceptors (Lipinski definition) is 6. The van der Waals surface area contributed by atoms with Crippen LogP contribution in [0.1, 0.15) is 47.5 Å². The molecular weight excluding hydrogens is 300 g/mol. The number of alkyl carbamates (subject to hydrolysis) is 1. The van der Waals surface area contributed by atoms with Gasteiger partial charge in [0.25, 0.3) is 0 Å².